The summed E-state index contributed by atoms with van der Waals surface area (Å²) < 4.78 is 51.0. The molecular weight excluding hydrogens is 883 g/mol. The fourth-order valence-corrected chi connectivity index (χ4v) is 8.10. The maximum absolute atomic E-state index is 15.1. The van der Waals surface area contributed by atoms with Crippen LogP contribution in [0, 0.1) is 5.92 Å². The number of ether oxygens (including phenoxy) is 8. The maximum atomic E-state index is 15.1. The summed E-state index contributed by atoms with van der Waals surface area (Å²) >= 11 is 0. The zero-order valence-electron chi connectivity index (χ0n) is 41.1. The number of rotatable bonds is 19. The molecule has 7 atom stereocenters. The standard InChI is InChI=1S/C54H69N3O12/c1-37(2)43-35-66-51(60)56(43)49(58)42(57(52(61)69-54(6,7)8)55-50(59)68-53(3,4)5)29-30-44-46(63-32-39-23-15-10-16-24-39)48(65-34-41-27-19-12-20-28-41)47(64-33-40-25-17-11-18-26-40)45(67-44)36-62-31-38-21-13-9-14-22-38/h9-28,37,42-48H,29-36H2,1-8H3,(H,55,59)/t42-,43+,44+,45+,46-,47-,48+/m0/s1. The molecule has 2 heterocycles. The van der Waals surface area contributed by atoms with Gasteiger partial charge in [0.2, 0.25) is 0 Å². The Kier molecular flexibility index (Phi) is 18.8. The van der Waals surface area contributed by atoms with E-state index in [4.69, 9.17) is 37.9 Å². The van der Waals surface area contributed by atoms with Gasteiger partial charge in [-0.25, -0.2) is 29.7 Å². The van der Waals surface area contributed by atoms with Crippen molar-refractivity contribution in [1.29, 1.82) is 0 Å². The third-order valence-corrected chi connectivity index (χ3v) is 11.4. The Morgan fingerprint density at radius 2 is 1.10 bits per heavy atom. The van der Waals surface area contributed by atoms with Gasteiger partial charge in [-0.05, 0) is 82.6 Å². The van der Waals surface area contributed by atoms with Crippen LogP contribution in [0.1, 0.15) is 90.5 Å². The van der Waals surface area contributed by atoms with Crippen LogP contribution in [0.5, 0.6) is 0 Å². The van der Waals surface area contributed by atoms with E-state index in [0.717, 1.165) is 32.2 Å². The fourth-order valence-electron chi connectivity index (χ4n) is 8.10. The zero-order valence-corrected chi connectivity index (χ0v) is 41.1. The highest BCUT2D eigenvalue weighted by Crippen LogP contribution is 2.34. The Bertz CT molecular complexity index is 2220. The summed E-state index contributed by atoms with van der Waals surface area (Å²) in [4.78, 5) is 57.5. The first kappa shape index (κ1) is 52.5. The molecule has 2 fully saturated rings. The minimum absolute atomic E-state index is 0.0339. The second-order valence-corrected chi connectivity index (χ2v) is 19.7. The second-order valence-electron chi connectivity index (χ2n) is 19.7. The van der Waals surface area contributed by atoms with E-state index in [9.17, 15) is 14.4 Å². The van der Waals surface area contributed by atoms with Crippen molar-refractivity contribution < 1.29 is 57.1 Å². The van der Waals surface area contributed by atoms with Gasteiger partial charge in [-0.1, -0.05) is 135 Å². The van der Waals surface area contributed by atoms with Crippen LogP contribution < -0.4 is 5.43 Å². The van der Waals surface area contributed by atoms with E-state index < -0.39 is 78.0 Å². The Morgan fingerprint density at radius 1 is 0.652 bits per heavy atom. The highest BCUT2D eigenvalue weighted by molar-refractivity contribution is 5.98. The fraction of sp³-hybridized carbons (Fsp3) is 0.481. The number of nitrogens with one attached hydrogen (secondary N) is 1. The third kappa shape index (κ3) is 15.8. The van der Waals surface area contributed by atoms with Crippen molar-refractivity contribution in [1.82, 2.24) is 15.3 Å². The number of carbonyl (C=O) groups excluding carboxylic acids is 4. The minimum Gasteiger partial charge on any atom is -0.447 e. The van der Waals surface area contributed by atoms with Gasteiger partial charge in [0.15, 0.2) is 0 Å². The zero-order chi connectivity index (χ0) is 49.6. The molecule has 4 aromatic rings. The molecule has 15 heteroatoms. The number of hydrazine groups is 1. The van der Waals surface area contributed by atoms with Gasteiger partial charge < -0.3 is 37.9 Å². The molecule has 0 unspecified atom stereocenters. The quantitative estimate of drug-likeness (QED) is 0.0702. The predicted molar refractivity (Wildman–Crippen MR) is 257 cm³/mol. The van der Waals surface area contributed by atoms with Crippen LogP contribution in [-0.4, -0.2) is 101 Å². The molecule has 0 radical (unpaired) electrons. The average molecular weight is 952 g/mol. The van der Waals surface area contributed by atoms with Gasteiger partial charge >= 0.3 is 18.3 Å². The van der Waals surface area contributed by atoms with Crippen LogP contribution in [0.2, 0.25) is 0 Å². The van der Waals surface area contributed by atoms with Crippen molar-refractivity contribution in [2.45, 2.75) is 148 Å². The molecule has 2 aliphatic heterocycles. The van der Waals surface area contributed by atoms with E-state index >= 15 is 4.79 Å². The number of cyclic esters (lactones) is 1. The summed E-state index contributed by atoms with van der Waals surface area (Å²) in [5, 5.41) is 0.808. The first-order valence-corrected chi connectivity index (χ1v) is 23.7. The number of benzene rings is 4. The summed E-state index contributed by atoms with van der Waals surface area (Å²) in [7, 11) is 0. The first-order valence-electron chi connectivity index (χ1n) is 23.7. The van der Waals surface area contributed by atoms with Gasteiger partial charge in [0, 0.05) is 0 Å². The number of hydrogen-bond acceptors (Lipinski definition) is 12. The number of imide groups is 1. The summed E-state index contributed by atoms with van der Waals surface area (Å²) in [5.41, 5.74) is 4.19. The predicted octanol–water partition coefficient (Wildman–Crippen LogP) is 9.56. The molecular formula is C54H69N3O12. The van der Waals surface area contributed by atoms with Gasteiger partial charge in [-0.2, -0.15) is 0 Å². The average Bonchev–Trinajstić information content (AvgIpc) is 3.71. The van der Waals surface area contributed by atoms with Crippen LogP contribution in [0.25, 0.3) is 0 Å². The highest BCUT2D eigenvalue weighted by atomic mass is 16.6. The van der Waals surface area contributed by atoms with Crippen LogP contribution in [0.15, 0.2) is 121 Å². The summed E-state index contributed by atoms with van der Waals surface area (Å²) in [5.74, 6) is -1.00. The number of amides is 4. The Hall–Kier alpha value is -5.84. The summed E-state index contributed by atoms with van der Waals surface area (Å²) in [6.07, 6.45) is -7.02. The minimum atomic E-state index is -1.54. The maximum Gasteiger partial charge on any atom is 0.430 e. The lowest BCUT2D eigenvalue weighted by Crippen LogP contribution is -2.62. The molecule has 4 amide bonds. The molecule has 2 aliphatic rings. The molecule has 0 aliphatic carbocycles. The third-order valence-electron chi connectivity index (χ3n) is 11.4. The highest BCUT2D eigenvalue weighted by Gasteiger charge is 2.51. The normalized spacial score (nSPS) is 21.1. The van der Waals surface area contributed by atoms with Crippen molar-refractivity contribution >= 4 is 24.2 Å². The van der Waals surface area contributed by atoms with Gasteiger partial charge in [-0.15, -0.1) is 0 Å². The molecule has 0 saturated carbocycles. The van der Waals surface area contributed by atoms with E-state index in [-0.39, 0.29) is 51.8 Å². The molecule has 15 nitrogen and oxygen atoms in total. The molecule has 4 aromatic carbocycles. The smallest absolute Gasteiger partial charge is 0.430 e. The van der Waals surface area contributed by atoms with Crippen molar-refractivity contribution in [3.8, 4) is 0 Å². The second kappa shape index (κ2) is 24.6. The molecule has 0 spiro atoms. The van der Waals surface area contributed by atoms with Crippen molar-refractivity contribution in [3.63, 3.8) is 0 Å². The molecule has 1 N–H and O–H groups in total. The molecule has 6 rings (SSSR count). The van der Waals surface area contributed by atoms with E-state index in [0.29, 0.717) is 6.61 Å². The van der Waals surface area contributed by atoms with Crippen LogP contribution in [0.3, 0.4) is 0 Å². The molecule has 2 saturated heterocycles. The van der Waals surface area contributed by atoms with Gasteiger partial charge in [0.1, 0.15) is 48.3 Å². The molecule has 0 aromatic heterocycles. The lowest BCUT2D eigenvalue weighted by Gasteiger charge is -2.47. The van der Waals surface area contributed by atoms with E-state index in [1.54, 1.807) is 41.5 Å². The number of carbonyl (C=O) groups is 4. The van der Waals surface area contributed by atoms with Crippen LogP contribution >= 0.6 is 0 Å². The largest absolute Gasteiger partial charge is 0.447 e. The van der Waals surface area contributed by atoms with Gasteiger partial charge in [0.05, 0.1) is 45.2 Å². The summed E-state index contributed by atoms with van der Waals surface area (Å²) in [6, 6.07) is 36.9. The Labute approximate surface area is 406 Å². The van der Waals surface area contributed by atoms with Crippen molar-refractivity contribution in [2.24, 2.45) is 5.92 Å². The SMILES string of the molecule is CC(C)[C@H]1COC(=O)N1C(=O)[C@H](CC[C@H]1O[C@H](COCc2ccccc2)[C@H](OCc2ccccc2)[C@H](OCc2ccccc2)[C@H]1OCc1ccccc1)N(NC(=O)OC(C)(C)C)C(=O)OC(C)(C)C. The van der Waals surface area contributed by atoms with Gasteiger partial charge in [0.25, 0.3) is 5.91 Å². The van der Waals surface area contributed by atoms with Crippen LogP contribution in [-0.2, 0) is 69.1 Å². The summed E-state index contributed by atoms with van der Waals surface area (Å²) in [6.45, 7) is 14.7. The van der Waals surface area contributed by atoms with E-state index in [2.05, 4.69) is 5.43 Å². The van der Waals surface area contributed by atoms with Crippen molar-refractivity contribution in [2.75, 3.05) is 13.2 Å². The van der Waals surface area contributed by atoms with Crippen LogP contribution in [0.4, 0.5) is 14.4 Å². The van der Waals surface area contributed by atoms with Gasteiger partial charge in [-0.3, -0.25) is 4.79 Å². The molecule has 372 valence electrons. The lowest BCUT2D eigenvalue weighted by molar-refractivity contribution is -0.274. The number of nitrogens with zero attached hydrogens (tertiary/aromatic N) is 2. The van der Waals surface area contributed by atoms with E-state index in [1.165, 1.54) is 0 Å². The topological polar surface area (TPSA) is 161 Å². The van der Waals surface area contributed by atoms with E-state index in [1.807, 2.05) is 135 Å². The number of hydrogen-bond donors (Lipinski definition) is 1. The first-order chi connectivity index (χ1) is 33.0. The lowest BCUT2D eigenvalue weighted by atomic mass is 9.90. The molecule has 0 bridgehead atoms. The Morgan fingerprint density at radius 3 is 1.57 bits per heavy atom. The van der Waals surface area contributed by atoms with Crippen molar-refractivity contribution in [3.05, 3.63) is 144 Å². The Balaban J connectivity index is 1.42. The monoisotopic (exact) mass is 951 g/mol. The molecule has 69 heavy (non-hydrogen) atoms.